The van der Waals surface area contributed by atoms with E-state index in [0.29, 0.717) is 5.41 Å². The molecule has 2 aliphatic rings. The lowest BCUT2D eigenvalue weighted by atomic mass is 9.57. The molecule has 1 saturated heterocycles. The van der Waals surface area contributed by atoms with Crippen LogP contribution in [-0.4, -0.2) is 38.0 Å². The van der Waals surface area contributed by atoms with Crippen LogP contribution in [0.2, 0.25) is 0 Å². The van der Waals surface area contributed by atoms with E-state index in [9.17, 15) is 4.79 Å². The molecule has 1 spiro atoms. The van der Waals surface area contributed by atoms with E-state index in [2.05, 4.69) is 5.32 Å². The molecule has 0 radical (unpaired) electrons. The minimum atomic E-state index is 0.652. The highest BCUT2D eigenvalue weighted by Gasteiger charge is 2.44. The molecule has 1 heterocycles. The van der Waals surface area contributed by atoms with Gasteiger partial charge in [-0.3, -0.25) is 4.79 Å². The molecule has 1 aliphatic heterocycles. The number of hydrogen-bond acceptors (Lipinski definition) is 2. The van der Waals surface area contributed by atoms with Gasteiger partial charge in [0.2, 0.25) is 6.41 Å². The van der Waals surface area contributed by atoms with Crippen LogP contribution in [0, 0.1) is 11.3 Å². The largest absolute Gasteiger partial charge is 0.348 e. The summed E-state index contributed by atoms with van der Waals surface area (Å²) >= 11 is 0. The first-order valence-electron chi connectivity index (χ1n) is 5.60. The first kappa shape index (κ1) is 9.97. The van der Waals surface area contributed by atoms with E-state index < -0.39 is 0 Å². The van der Waals surface area contributed by atoms with Crippen molar-refractivity contribution in [2.45, 2.75) is 25.7 Å². The zero-order valence-corrected chi connectivity index (χ0v) is 8.96. The second kappa shape index (κ2) is 3.89. The smallest absolute Gasteiger partial charge is 0.209 e. The Kier molecular flexibility index (Phi) is 2.77. The van der Waals surface area contributed by atoms with Crippen LogP contribution in [0.1, 0.15) is 25.7 Å². The van der Waals surface area contributed by atoms with Crippen molar-refractivity contribution in [3.8, 4) is 0 Å². The summed E-state index contributed by atoms with van der Waals surface area (Å²) in [5.74, 6) is 0.767. The number of nitrogens with zero attached hydrogens (tertiary/aromatic N) is 1. The Morgan fingerprint density at radius 1 is 1.43 bits per heavy atom. The molecule has 3 heteroatoms. The lowest BCUT2D eigenvalue weighted by Gasteiger charge is -2.51. The maximum atomic E-state index is 10.5. The average Bonchev–Trinajstić information content (AvgIpc) is 2.17. The van der Waals surface area contributed by atoms with Crippen LogP contribution in [0.5, 0.6) is 0 Å². The first-order valence-corrected chi connectivity index (χ1v) is 5.60. The number of rotatable bonds is 3. The Bertz CT molecular complexity index is 203. The topological polar surface area (TPSA) is 32.3 Å². The molecule has 1 amide bonds. The van der Waals surface area contributed by atoms with E-state index >= 15 is 0 Å². The summed E-state index contributed by atoms with van der Waals surface area (Å²) in [5, 5.41) is 3.41. The molecule has 2 fully saturated rings. The molecule has 0 unspecified atom stereocenters. The number of hydrogen-bond donors (Lipinski definition) is 1. The monoisotopic (exact) mass is 196 g/mol. The summed E-state index contributed by atoms with van der Waals surface area (Å²) in [6.07, 6.45) is 6.30. The molecule has 0 atom stereocenters. The van der Waals surface area contributed by atoms with E-state index in [1.54, 1.807) is 4.90 Å². The molecule has 1 aliphatic carbocycles. The standard InChI is InChI=1S/C11H20N2O/c1-13(9-14)8-10-6-11(7-10)2-4-12-5-3-11/h9-10,12H,2-8H2,1H3. The SMILES string of the molecule is CN(C=O)CC1CC2(CCNCC2)C1. The van der Waals surface area contributed by atoms with Gasteiger partial charge >= 0.3 is 0 Å². The summed E-state index contributed by atoms with van der Waals surface area (Å²) in [5.41, 5.74) is 0.652. The van der Waals surface area contributed by atoms with Gasteiger partial charge in [0.25, 0.3) is 0 Å². The molecule has 2 rings (SSSR count). The van der Waals surface area contributed by atoms with Crippen LogP contribution in [0.3, 0.4) is 0 Å². The van der Waals surface area contributed by atoms with E-state index in [1.807, 2.05) is 7.05 Å². The third kappa shape index (κ3) is 1.92. The molecule has 0 aromatic rings. The Morgan fingerprint density at radius 3 is 2.64 bits per heavy atom. The minimum Gasteiger partial charge on any atom is -0.348 e. The predicted molar refractivity (Wildman–Crippen MR) is 56.0 cm³/mol. The van der Waals surface area contributed by atoms with Gasteiger partial charge in [-0.1, -0.05) is 0 Å². The molecule has 1 saturated carbocycles. The Balaban J connectivity index is 1.74. The maximum absolute atomic E-state index is 10.5. The van der Waals surface area contributed by atoms with Crippen molar-refractivity contribution in [1.29, 1.82) is 0 Å². The highest BCUT2D eigenvalue weighted by atomic mass is 16.1. The van der Waals surface area contributed by atoms with Gasteiger partial charge in [-0.15, -0.1) is 0 Å². The quantitative estimate of drug-likeness (QED) is 0.679. The van der Waals surface area contributed by atoms with Crippen molar-refractivity contribution in [3.05, 3.63) is 0 Å². The second-order valence-electron chi connectivity index (χ2n) is 5.07. The molecule has 1 N–H and O–H groups in total. The van der Waals surface area contributed by atoms with Gasteiger partial charge in [0.1, 0.15) is 0 Å². The van der Waals surface area contributed by atoms with Crippen molar-refractivity contribution in [3.63, 3.8) is 0 Å². The number of piperidine rings is 1. The van der Waals surface area contributed by atoms with Crippen molar-refractivity contribution < 1.29 is 4.79 Å². The number of carbonyl (C=O) groups excluding carboxylic acids is 1. The van der Waals surface area contributed by atoms with Crippen LogP contribution in [0.4, 0.5) is 0 Å². The van der Waals surface area contributed by atoms with E-state index in [1.165, 1.54) is 38.8 Å². The van der Waals surface area contributed by atoms with Gasteiger partial charge < -0.3 is 10.2 Å². The summed E-state index contributed by atoms with van der Waals surface area (Å²) in [7, 11) is 1.88. The number of amides is 1. The van der Waals surface area contributed by atoms with Gasteiger partial charge in [-0.05, 0) is 50.1 Å². The third-order valence-corrected chi connectivity index (χ3v) is 3.83. The van der Waals surface area contributed by atoms with Crippen molar-refractivity contribution >= 4 is 6.41 Å². The zero-order valence-electron chi connectivity index (χ0n) is 8.96. The normalized spacial score (nSPS) is 25.8. The molecule has 3 nitrogen and oxygen atoms in total. The summed E-state index contributed by atoms with van der Waals surface area (Å²) in [4.78, 5) is 12.2. The fourth-order valence-electron chi connectivity index (χ4n) is 3.11. The van der Waals surface area contributed by atoms with Gasteiger partial charge in [0.05, 0.1) is 0 Å². The fraction of sp³-hybridized carbons (Fsp3) is 0.909. The van der Waals surface area contributed by atoms with E-state index in [4.69, 9.17) is 0 Å². The third-order valence-electron chi connectivity index (χ3n) is 3.83. The molecular formula is C11H20N2O. The molecular weight excluding hydrogens is 176 g/mol. The van der Waals surface area contributed by atoms with E-state index in [0.717, 1.165) is 18.9 Å². The van der Waals surface area contributed by atoms with Crippen LogP contribution >= 0.6 is 0 Å². The molecule has 0 aromatic carbocycles. The summed E-state index contributed by atoms with van der Waals surface area (Å²) in [6.45, 7) is 3.34. The van der Waals surface area contributed by atoms with Gasteiger partial charge in [0, 0.05) is 13.6 Å². The van der Waals surface area contributed by atoms with Crippen LogP contribution in [0.15, 0.2) is 0 Å². The first-order chi connectivity index (χ1) is 6.74. The second-order valence-corrected chi connectivity index (χ2v) is 5.07. The number of carbonyl (C=O) groups is 1. The fourth-order valence-corrected chi connectivity index (χ4v) is 3.11. The Morgan fingerprint density at radius 2 is 2.07 bits per heavy atom. The highest BCUT2D eigenvalue weighted by molar-refractivity contribution is 5.46. The van der Waals surface area contributed by atoms with E-state index in [-0.39, 0.29) is 0 Å². The van der Waals surface area contributed by atoms with Crippen LogP contribution in [-0.2, 0) is 4.79 Å². The zero-order chi connectivity index (χ0) is 10.0. The summed E-state index contributed by atoms with van der Waals surface area (Å²) in [6, 6.07) is 0. The summed E-state index contributed by atoms with van der Waals surface area (Å²) < 4.78 is 0. The maximum Gasteiger partial charge on any atom is 0.209 e. The number of nitrogens with one attached hydrogen (secondary N) is 1. The van der Waals surface area contributed by atoms with Gasteiger partial charge in [-0.25, -0.2) is 0 Å². The lowest BCUT2D eigenvalue weighted by Crippen LogP contribution is -2.48. The predicted octanol–water partition coefficient (Wildman–Crippen LogP) is 0.854. The lowest BCUT2D eigenvalue weighted by molar-refractivity contribution is -0.118. The highest BCUT2D eigenvalue weighted by Crippen LogP contribution is 2.51. The molecule has 14 heavy (non-hydrogen) atoms. The van der Waals surface area contributed by atoms with Crippen molar-refractivity contribution in [1.82, 2.24) is 10.2 Å². The minimum absolute atomic E-state index is 0.652. The van der Waals surface area contributed by atoms with Crippen molar-refractivity contribution in [2.24, 2.45) is 11.3 Å². The van der Waals surface area contributed by atoms with Crippen LogP contribution < -0.4 is 5.32 Å². The van der Waals surface area contributed by atoms with Gasteiger partial charge in [0.15, 0.2) is 0 Å². The Hall–Kier alpha value is -0.570. The average molecular weight is 196 g/mol. The van der Waals surface area contributed by atoms with Gasteiger partial charge in [-0.2, -0.15) is 0 Å². The Labute approximate surface area is 85.8 Å². The molecule has 80 valence electrons. The van der Waals surface area contributed by atoms with Crippen LogP contribution in [0.25, 0.3) is 0 Å². The molecule has 0 bridgehead atoms. The van der Waals surface area contributed by atoms with Crippen molar-refractivity contribution in [2.75, 3.05) is 26.7 Å². The molecule has 0 aromatic heterocycles.